The number of hydrogen-bond donors (Lipinski definition) is 1. The number of hydrogen-bond acceptors (Lipinski definition) is 5. The van der Waals surface area contributed by atoms with Crippen LogP contribution in [0.15, 0.2) is 24.3 Å². The van der Waals surface area contributed by atoms with E-state index in [1.165, 1.54) is 0 Å². The maximum Gasteiger partial charge on any atom is 0.274 e. The monoisotopic (exact) mass is 326 g/mol. The number of methoxy groups -OCH3 is 1. The van der Waals surface area contributed by atoms with Gasteiger partial charge >= 0.3 is 0 Å². The Hall–Kier alpha value is -2.63. The number of nitrogens with one attached hydrogen (secondary N) is 1. The molecule has 0 spiro atoms. The van der Waals surface area contributed by atoms with Crippen molar-refractivity contribution in [3.63, 3.8) is 0 Å². The van der Waals surface area contributed by atoms with E-state index in [0.29, 0.717) is 23.0 Å². The van der Waals surface area contributed by atoms with E-state index in [9.17, 15) is 4.79 Å². The topological polar surface area (TPSA) is 67.3 Å². The highest BCUT2D eigenvalue weighted by Gasteiger charge is 2.18. The number of nitrogens with zero attached hydrogens (tertiary/aromatic N) is 3. The Labute approximate surface area is 141 Å². The molecule has 1 aliphatic heterocycles. The van der Waals surface area contributed by atoms with E-state index in [1.807, 2.05) is 32.0 Å². The van der Waals surface area contributed by atoms with E-state index in [0.717, 1.165) is 37.3 Å². The summed E-state index contributed by atoms with van der Waals surface area (Å²) in [6, 6.07) is 7.42. The summed E-state index contributed by atoms with van der Waals surface area (Å²) in [7, 11) is 1.58. The van der Waals surface area contributed by atoms with Gasteiger partial charge in [0.1, 0.15) is 23.1 Å². The van der Waals surface area contributed by atoms with Gasteiger partial charge in [-0.25, -0.2) is 9.97 Å². The molecule has 1 fully saturated rings. The smallest absolute Gasteiger partial charge is 0.274 e. The Kier molecular flexibility index (Phi) is 4.64. The maximum atomic E-state index is 12.6. The first-order valence-corrected chi connectivity index (χ1v) is 8.13. The molecule has 1 aliphatic rings. The number of aromatic nitrogens is 2. The quantitative estimate of drug-likeness (QED) is 0.935. The molecule has 1 amide bonds. The van der Waals surface area contributed by atoms with Gasteiger partial charge in [-0.3, -0.25) is 4.79 Å². The summed E-state index contributed by atoms with van der Waals surface area (Å²) in [5.74, 6) is 1.78. The molecule has 0 radical (unpaired) electrons. The Morgan fingerprint density at radius 3 is 2.62 bits per heavy atom. The molecule has 0 saturated carbocycles. The molecule has 24 heavy (non-hydrogen) atoms. The van der Waals surface area contributed by atoms with E-state index >= 15 is 0 Å². The number of anilines is 2. The van der Waals surface area contributed by atoms with E-state index in [-0.39, 0.29) is 5.91 Å². The zero-order valence-corrected chi connectivity index (χ0v) is 14.3. The normalized spacial score (nSPS) is 13.9. The van der Waals surface area contributed by atoms with Crippen LogP contribution in [0.25, 0.3) is 0 Å². The molecule has 1 N–H and O–H groups in total. The molecule has 1 aromatic heterocycles. The molecule has 0 bridgehead atoms. The largest absolute Gasteiger partial charge is 0.495 e. The molecule has 2 aromatic rings. The summed E-state index contributed by atoms with van der Waals surface area (Å²) in [6.45, 7) is 5.73. The van der Waals surface area contributed by atoms with Gasteiger partial charge in [0.15, 0.2) is 0 Å². The second kappa shape index (κ2) is 6.86. The van der Waals surface area contributed by atoms with Gasteiger partial charge in [0.2, 0.25) is 0 Å². The van der Waals surface area contributed by atoms with Gasteiger partial charge in [0, 0.05) is 19.2 Å². The summed E-state index contributed by atoms with van der Waals surface area (Å²) in [6.07, 6.45) is 2.32. The molecule has 126 valence electrons. The van der Waals surface area contributed by atoms with Crippen molar-refractivity contribution in [1.29, 1.82) is 0 Å². The first-order valence-electron chi connectivity index (χ1n) is 8.13. The number of aryl methyl sites for hydroxylation is 2. The van der Waals surface area contributed by atoms with Crippen molar-refractivity contribution in [2.45, 2.75) is 26.7 Å². The number of carbonyl (C=O) groups is 1. The lowest BCUT2D eigenvalue weighted by atomic mass is 10.2. The average Bonchev–Trinajstić information content (AvgIpc) is 3.09. The van der Waals surface area contributed by atoms with Crippen LogP contribution in [0.5, 0.6) is 5.75 Å². The van der Waals surface area contributed by atoms with Gasteiger partial charge < -0.3 is 15.0 Å². The molecule has 0 aliphatic carbocycles. The van der Waals surface area contributed by atoms with Crippen LogP contribution < -0.4 is 15.0 Å². The fraction of sp³-hybridized carbons (Fsp3) is 0.389. The zero-order chi connectivity index (χ0) is 17.1. The van der Waals surface area contributed by atoms with Crippen LogP contribution in [0.1, 0.15) is 34.7 Å². The average molecular weight is 326 g/mol. The molecule has 0 atom stereocenters. The molecule has 1 aromatic carbocycles. The Morgan fingerprint density at radius 2 is 1.92 bits per heavy atom. The number of carbonyl (C=O) groups excluding carboxylic acids is 1. The lowest BCUT2D eigenvalue weighted by Gasteiger charge is -2.17. The summed E-state index contributed by atoms with van der Waals surface area (Å²) in [5.41, 5.74) is 2.05. The van der Waals surface area contributed by atoms with Gasteiger partial charge in [-0.05, 0) is 44.4 Å². The SMILES string of the molecule is COc1ccc(C)cc1NC(=O)c1cc(N2CCCC2)nc(C)n1. The minimum atomic E-state index is -0.259. The second-order valence-corrected chi connectivity index (χ2v) is 6.01. The molecule has 2 heterocycles. The number of ether oxygens (including phenoxy) is 1. The Balaban J connectivity index is 1.86. The van der Waals surface area contributed by atoms with Crippen LogP contribution in [0, 0.1) is 13.8 Å². The minimum absolute atomic E-state index is 0.259. The van der Waals surface area contributed by atoms with Crippen LogP contribution in [0.2, 0.25) is 0 Å². The fourth-order valence-electron chi connectivity index (χ4n) is 2.88. The lowest BCUT2D eigenvalue weighted by molar-refractivity contribution is 0.102. The van der Waals surface area contributed by atoms with Gasteiger partial charge in [0.25, 0.3) is 5.91 Å². The van der Waals surface area contributed by atoms with E-state index < -0.39 is 0 Å². The first kappa shape index (κ1) is 16.2. The second-order valence-electron chi connectivity index (χ2n) is 6.01. The van der Waals surface area contributed by atoms with Gasteiger partial charge in [-0.1, -0.05) is 6.07 Å². The van der Waals surface area contributed by atoms with Gasteiger partial charge in [-0.2, -0.15) is 0 Å². The molecule has 6 nitrogen and oxygen atoms in total. The number of amides is 1. The summed E-state index contributed by atoms with van der Waals surface area (Å²) in [4.78, 5) is 23.6. The number of rotatable bonds is 4. The Bertz CT molecular complexity index is 755. The van der Waals surface area contributed by atoms with E-state index in [1.54, 1.807) is 13.2 Å². The highest BCUT2D eigenvalue weighted by Crippen LogP contribution is 2.26. The molecule has 3 rings (SSSR count). The molecular weight excluding hydrogens is 304 g/mol. The third kappa shape index (κ3) is 3.48. The van der Waals surface area contributed by atoms with Crippen molar-refractivity contribution in [1.82, 2.24) is 9.97 Å². The predicted molar refractivity (Wildman–Crippen MR) is 93.9 cm³/mol. The maximum absolute atomic E-state index is 12.6. The van der Waals surface area contributed by atoms with Crippen molar-refractivity contribution in [3.8, 4) is 5.75 Å². The van der Waals surface area contributed by atoms with Gasteiger partial charge in [-0.15, -0.1) is 0 Å². The summed E-state index contributed by atoms with van der Waals surface area (Å²) in [5, 5.41) is 2.89. The highest BCUT2D eigenvalue weighted by molar-refractivity contribution is 6.04. The molecular formula is C18H22N4O2. The Morgan fingerprint density at radius 1 is 1.17 bits per heavy atom. The van der Waals surface area contributed by atoms with Crippen molar-refractivity contribution in [2.24, 2.45) is 0 Å². The van der Waals surface area contributed by atoms with Crippen LogP contribution in [-0.2, 0) is 0 Å². The van der Waals surface area contributed by atoms with Crippen LogP contribution >= 0.6 is 0 Å². The van der Waals surface area contributed by atoms with Crippen molar-refractivity contribution in [3.05, 3.63) is 41.3 Å². The van der Waals surface area contributed by atoms with Crippen molar-refractivity contribution >= 4 is 17.4 Å². The minimum Gasteiger partial charge on any atom is -0.495 e. The molecule has 1 saturated heterocycles. The third-order valence-corrected chi connectivity index (χ3v) is 4.09. The highest BCUT2D eigenvalue weighted by atomic mass is 16.5. The standard InChI is InChI=1S/C18H22N4O2/c1-12-6-7-16(24-3)14(10-12)21-18(23)15-11-17(20-13(2)19-15)22-8-4-5-9-22/h6-7,10-11H,4-5,8-9H2,1-3H3,(H,21,23). The van der Waals surface area contributed by atoms with Crippen molar-refractivity contribution in [2.75, 3.05) is 30.4 Å². The third-order valence-electron chi connectivity index (χ3n) is 4.09. The summed E-state index contributed by atoms with van der Waals surface area (Å²) < 4.78 is 5.31. The number of benzene rings is 1. The predicted octanol–water partition coefficient (Wildman–Crippen LogP) is 2.95. The lowest BCUT2D eigenvalue weighted by Crippen LogP contribution is -2.22. The van der Waals surface area contributed by atoms with Crippen LogP contribution in [0.3, 0.4) is 0 Å². The zero-order valence-electron chi connectivity index (χ0n) is 14.3. The van der Waals surface area contributed by atoms with Crippen LogP contribution in [-0.4, -0.2) is 36.1 Å². The van der Waals surface area contributed by atoms with Gasteiger partial charge in [0.05, 0.1) is 12.8 Å². The fourth-order valence-corrected chi connectivity index (χ4v) is 2.88. The van der Waals surface area contributed by atoms with E-state index in [4.69, 9.17) is 4.74 Å². The van der Waals surface area contributed by atoms with Crippen molar-refractivity contribution < 1.29 is 9.53 Å². The molecule has 0 unspecified atom stereocenters. The first-order chi connectivity index (χ1) is 11.6. The molecule has 6 heteroatoms. The van der Waals surface area contributed by atoms with E-state index in [2.05, 4.69) is 20.2 Å². The van der Waals surface area contributed by atoms with Crippen LogP contribution in [0.4, 0.5) is 11.5 Å². The summed E-state index contributed by atoms with van der Waals surface area (Å²) >= 11 is 0.